The summed E-state index contributed by atoms with van der Waals surface area (Å²) in [6.45, 7) is 2.54. The van der Waals surface area contributed by atoms with Gasteiger partial charge in [0.05, 0.1) is 11.4 Å². The van der Waals surface area contributed by atoms with Gasteiger partial charge in [0, 0.05) is 25.4 Å². The second-order valence-corrected chi connectivity index (χ2v) is 6.61. The number of hydrogen-bond acceptors (Lipinski definition) is 3. The highest BCUT2D eigenvalue weighted by Crippen LogP contribution is 2.21. The van der Waals surface area contributed by atoms with Crippen LogP contribution >= 0.6 is 0 Å². The Labute approximate surface area is 125 Å². The van der Waals surface area contributed by atoms with Crippen LogP contribution in [-0.4, -0.2) is 36.5 Å². The summed E-state index contributed by atoms with van der Waals surface area (Å²) in [6.07, 6.45) is 3.45. The van der Waals surface area contributed by atoms with Crippen molar-refractivity contribution >= 4 is 15.9 Å². The summed E-state index contributed by atoms with van der Waals surface area (Å²) in [4.78, 5) is 0. The number of hydrogen-bond donors (Lipinski definition) is 2. The summed E-state index contributed by atoms with van der Waals surface area (Å²) in [5.74, 6) is 0. The monoisotopic (exact) mass is 308 g/mol. The zero-order chi connectivity index (χ0) is 15.3. The van der Waals surface area contributed by atoms with Gasteiger partial charge in [-0.25, -0.2) is 0 Å². The number of aromatic nitrogens is 2. The van der Waals surface area contributed by atoms with Gasteiger partial charge in [-0.15, -0.1) is 0 Å². The zero-order valence-electron chi connectivity index (χ0n) is 12.2. The number of anilines is 1. The topological polar surface area (TPSA) is 78.1 Å². The maximum Gasteiger partial charge on any atom is 0.301 e. The van der Waals surface area contributed by atoms with Gasteiger partial charge in [0.2, 0.25) is 0 Å². The number of aromatic amines is 1. The smallest absolute Gasteiger partial charge is 0.278 e. The van der Waals surface area contributed by atoms with Crippen molar-refractivity contribution in [1.82, 2.24) is 14.5 Å². The Hall–Kier alpha value is -1.86. The maximum atomic E-state index is 12.2. The summed E-state index contributed by atoms with van der Waals surface area (Å²) < 4.78 is 28.3. The van der Waals surface area contributed by atoms with Crippen molar-refractivity contribution in [1.29, 1.82) is 0 Å². The van der Waals surface area contributed by atoms with Crippen LogP contribution in [0.5, 0.6) is 0 Å². The molecule has 2 aromatic rings. The van der Waals surface area contributed by atoms with Crippen LogP contribution in [0.2, 0.25) is 0 Å². The third-order valence-corrected chi connectivity index (χ3v) is 4.65. The molecule has 0 aliphatic rings. The summed E-state index contributed by atoms with van der Waals surface area (Å²) >= 11 is 0. The van der Waals surface area contributed by atoms with Crippen molar-refractivity contribution < 1.29 is 8.42 Å². The lowest BCUT2D eigenvalue weighted by Gasteiger charge is -2.18. The third-order valence-electron chi connectivity index (χ3n) is 3.16. The van der Waals surface area contributed by atoms with Gasteiger partial charge in [-0.1, -0.05) is 25.5 Å². The molecule has 0 amide bonds. The lowest BCUT2D eigenvalue weighted by molar-refractivity contribution is 0.463. The van der Waals surface area contributed by atoms with Gasteiger partial charge in [0.1, 0.15) is 0 Å². The molecule has 1 aromatic carbocycles. The van der Waals surface area contributed by atoms with E-state index in [1.54, 1.807) is 31.4 Å². The van der Waals surface area contributed by atoms with Crippen molar-refractivity contribution in [3.05, 3.63) is 36.5 Å². The van der Waals surface area contributed by atoms with E-state index in [4.69, 9.17) is 0 Å². The van der Waals surface area contributed by atoms with Gasteiger partial charge >= 0.3 is 10.2 Å². The van der Waals surface area contributed by atoms with Gasteiger partial charge in [0.15, 0.2) is 0 Å². The van der Waals surface area contributed by atoms with Gasteiger partial charge in [-0.2, -0.15) is 17.8 Å². The Morgan fingerprint density at radius 1 is 1.33 bits per heavy atom. The van der Waals surface area contributed by atoms with Crippen molar-refractivity contribution in [2.45, 2.75) is 19.8 Å². The highest BCUT2D eigenvalue weighted by atomic mass is 32.2. The molecule has 1 heterocycles. The number of nitrogens with zero attached hydrogens (tertiary/aromatic N) is 2. The predicted molar refractivity (Wildman–Crippen MR) is 84.1 cm³/mol. The third kappa shape index (κ3) is 4.05. The average molecular weight is 308 g/mol. The Morgan fingerprint density at radius 2 is 2.14 bits per heavy atom. The molecule has 0 atom stereocenters. The minimum Gasteiger partial charge on any atom is -0.278 e. The number of unbranched alkanes of at least 4 members (excludes halogenated alkanes) is 1. The van der Waals surface area contributed by atoms with Gasteiger partial charge < -0.3 is 0 Å². The number of rotatable bonds is 7. The molecule has 0 unspecified atom stereocenters. The molecule has 2 N–H and O–H groups in total. The fourth-order valence-corrected chi connectivity index (χ4v) is 2.84. The second kappa shape index (κ2) is 6.73. The highest BCUT2D eigenvalue weighted by molar-refractivity contribution is 7.90. The van der Waals surface area contributed by atoms with Gasteiger partial charge in [0.25, 0.3) is 0 Å². The van der Waals surface area contributed by atoms with Crippen LogP contribution in [0.1, 0.15) is 19.8 Å². The first-order valence-corrected chi connectivity index (χ1v) is 8.31. The summed E-state index contributed by atoms with van der Waals surface area (Å²) in [7, 11) is -1.93. The molecule has 0 spiro atoms. The molecule has 21 heavy (non-hydrogen) atoms. The van der Waals surface area contributed by atoms with Crippen LogP contribution in [0.3, 0.4) is 0 Å². The number of nitrogens with one attached hydrogen (secondary N) is 2. The number of benzene rings is 1. The van der Waals surface area contributed by atoms with E-state index in [0.29, 0.717) is 12.2 Å². The van der Waals surface area contributed by atoms with Crippen LogP contribution < -0.4 is 4.72 Å². The van der Waals surface area contributed by atoms with Gasteiger partial charge in [-0.3, -0.25) is 9.82 Å². The molecule has 0 radical (unpaired) electrons. The van der Waals surface area contributed by atoms with Crippen molar-refractivity contribution in [3.63, 3.8) is 0 Å². The summed E-state index contributed by atoms with van der Waals surface area (Å²) in [5.41, 5.74) is 2.25. The van der Waals surface area contributed by atoms with E-state index in [-0.39, 0.29) is 0 Å². The van der Waals surface area contributed by atoms with Crippen LogP contribution in [0.25, 0.3) is 11.3 Å². The SMILES string of the molecule is CCCCN(C)S(=O)(=O)Nc1cccc(-c2ccn[nH]2)c1. The first-order chi connectivity index (χ1) is 10.0. The normalized spacial score (nSPS) is 11.8. The largest absolute Gasteiger partial charge is 0.301 e. The van der Waals surface area contributed by atoms with Crippen molar-refractivity contribution in [3.8, 4) is 11.3 Å². The first kappa shape index (κ1) is 15.5. The van der Waals surface area contributed by atoms with Crippen molar-refractivity contribution in [2.24, 2.45) is 0 Å². The molecule has 6 nitrogen and oxygen atoms in total. The highest BCUT2D eigenvalue weighted by Gasteiger charge is 2.17. The van der Waals surface area contributed by atoms with Crippen molar-refractivity contribution in [2.75, 3.05) is 18.3 Å². The first-order valence-electron chi connectivity index (χ1n) is 6.87. The summed E-state index contributed by atoms with van der Waals surface area (Å²) in [5, 5.41) is 6.75. The van der Waals surface area contributed by atoms with E-state index in [0.717, 1.165) is 24.1 Å². The maximum absolute atomic E-state index is 12.2. The van der Waals surface area contributed by atoms with E-state index >= 15 is 0 Å². The molecular formula is C14H20N4O2S. The molecule has 7 heteroatoms. The van der Waals surface area contributed by atoms with Crippen LogP contribution in [0.15, 0.2) is 36.5 Å². The van der Waals surface area contributed by atoms with E-state index < -0.39 is 10.2 Å². The molecule has 1 aromatic heterocycles. The van der Waals surface area contributed by atoms with E-state index in [1.807, 2.05) is 19.1 Å². The van der Waals surface area contributed by atoms with E-state index in [1.165, 1.54) is 4.31 Å². The molecule has 0 saturated heterocycles. The molecule has 0 aliphatic carbocycles. The van der Waals surface area contributed by atoms with E-state index in [2.05, 4.69) is 14.9 Å². The lowest BCUT2D eigenvalue weighted by Crippen LogP contribution is -2.33. The van der Waals surface area contributed by atoms with Crippen LogP contribution in [0.4, 0.5) is 5.69 Å². The standard InChI is InChI=1S/C14H20N4O2S/c1-3-4-10-18(2)21(19,20)17-13-7-5-6-12(11-13)14-8-9-15-16-14/h5-9,11,17H,3-4,10H2,1-2H3,(H,15,16). The van der Waals surface area contributed by atoms with E-state index in [9.17, 15) is 8.42 Å². The molecule has 0 aliphatic heterocycles. The fraction of sp³-hybridized carbons (Fsp3) is 0.357. The van der Waals surface area contributed by atoms with Crippen LogP contribution in [0, 0.1) is 0 Å². The van der Waals surface area contributed by atoms with Gasteiger partial charge in [-0.05, 0) is 24.6 Å². The minimum absolute atomic E-state index is 0.506. The average Bonchev–Trinajstić information content (AvgIpc) is 2.98. The molecule has 2 rings (SSSR count). The molecular weight excluding hydrogens is 288 g/mol. The molecule has 0 saturated carbocycles. The minimum atomic E-state index is -3.51. The Balaban J connectivity index is 2.14. The number of H-pyrrole nitrogens is 1. The quantitative estimate of drug-likeness (QED) is 0.824. The Bertz CT molecular complexity index is 668. The molecule has 0 fully saturated rings. The second-order valence-electron chi connectivity index (χ2n) is 4.83. The Morgan fingerprint density at radius 3 is 2.81 bits per heavy atom. The predicted octanol–water partition coefficient (Wildman–Crippen LogP) is 2.47. The Kier molecular flexibility index (Phi) is 4.98. The zero-order valence-corrected chi connectivity index (χ0v) is 13.0. The molecule has 0 bridgehead atoms. The lowest BCUT2D eigenvalue weighted by atomic mass is 10.1. The summed E-state index contributed by atoms with van der Waals surface area (Å²) in [6, 6.07) is 9.04. The fourth-order valence-electron chi connectivity index (χ4n) is 1.89. The molecule has 114 valence electrons. The van der Waals surface area contributed by atoms with Crippen LogP contribution in [-0.2, 0) is 10.2 Å².